The molecule has 1 aliphatic rings. The van der Waals surface area contributed by atoms with Crippen LogP contribution in [0.2, 0.25) is 0 Å². The maximum atomic E-state index is 11.7. The average Bonchev–Trinajstić information content (AvgIpc) is 2.38. The predicted octanol–water partition coefficient (Wildman–Crippen LogP) is 0.600. The Morgan fingerprint density at radius 3 is 2.71 bits per heavy atom. The molecule has 0 bridgehead atoms. The van der Waals surface area contributed by atoms with Gasteiger partial charge in [0.2, 0.25) is 5.91 Å². The van der Waals surface area contributed by atoms with Gasteiger partial charge < -0.3 is 4.74 Å². The second kappa shape index (κ2) is 7.63. The molecule has 1 fully saturated rings. The van der Waals surface area contributed by atoms with Crippen molar-refractivity contribution in [3.8, 4) is 0 Å². The molecule has 0 aromatic carbocycles. The third-order valence-corrected chi connectivity index (χ3v) is 3.32. The van der Waals surface area contributed by atoms with E-state index in [0.717, 1.165) is 45.7 Å². The van der Waals surface area contributed by atoms with Gasteiger partial charge in [-0.05, 0) is 26.3 Å². The molecule has 1 heterocycles. The van der Waals surface area contributed by atoms with Crippen molar-refractivity contribution in [2.75, 3.05) is 32.8 Å². The van der Waals surface area contributed by atoms with Gasteiger partial charge >= 0.3 is 0 Å². The number of carbonyl (C=O) groups excluding carboxylic acids is 1. The molecule has 0 saturated carbocycles. The molecular weight excluding hydrogens is 218 g/mol. The Balaban J connectivity index is 2.14. The van der Waals surface area contributed by atoms with Crippen LogP contribution in [0, 0.1) is 0 Å². The number of carbonyl (C=O) groups is 1. The first-order valence-electron chi connectivity index (χ1n) is 6.52. The van der Waals surface area contributed by atoms with Crippen LogP contribution in [0.5, 0.6) is 0 Å². The minimum Gasteiger partial charge on any atom is -0.379 e. The summed E-state index contributed by atoms with van der Waals surface area (Å²) < 4.78 is 5.27. The third kappa shape index (κ3) is 5.02. The lowest BCUT2D eigenvalue weighted by Gasteiger charge is -2.27. The van der Waals surface area contributed by atoms with Crippen LogP contribution in [0.25, 0.3) is 0 Å². The fraction of sp³-hybridized carbons (Fsp3) is 0.917. The predicted molar refractivity (Wildman–Crippen MR) is 67.3 cm³/mol. The maximum absolute atomic E-state index is 11.7. The van der Waals surface area contributed by atoms with Crippen LogP contribution in [0.15, 0.2) is 0 Å². The highest BCUT2D eigenvalue weighted by Crippen LogP contribution is 2.04. The molecule has 0 aromatic rings. The van der Waals surface area contributed by atoms with E-state index in [1.807, 2.05) is 13.8 Å². The monoisotopic (exact) mass is 243 g/mol. The first-order valence-corrected chi connectivity index (χ1v) is 6.52. The number of nitrogens with zero attached hydrogens (tertiary/aromatic N) is 2. The zero-order valence-corrected chi connectivity index (χ0v) is 11.0. The fourth-order valence-electron chi connectivity index (χ4n) is 1.85. The Morgan fingerprint density at radius 1 is 1.47 bits per heavy atom. The van der Waals surface area contributed by atoms with Gasteiger partial charge in [-0.25, -0.2) is 5.84 Å². The van der Waals surface area contributed by atoms with Gasteiger partial charge in [0, 0.05) is 25.6 Å². The molecule has 0 aliphatic carbocycles. The molecule has 0 aromatic heterocycles. The third-order valence-electron chi connectivity index (χ3n) is 3.32. The minimum atomic E-state index is 0.0487. The summed E-state index contributed by atoms with van der Waals surface area (Å²) in [6, 6.07) is 0.130. The molecular formula is C12H25N3O2. The van der Waals surface area contributed by atoms with E-state index in [1.54, 1.807) is 0 Å². The largest absolute Gasteiger partial charge is 0.379 e. The van der Waals surface area contributed by atoms with E-state index in [2.05, 4.69) is 4.90 Å². The Morgan fingerprint density at radius 2 is 2.12 bits per heavy atom. The molecule has 1 aliphatic heterocycles. The Kier molecular flexibility index (Phi) is 6.47. The second-order valence-corrected chi connectivity index (χ2v) is 4.62. The number of ether oxygens (including phenoxy) is 1. The Hall–Kier alpha value is -0.650. The van der Waals surface area contributed by atoms with E-state index >= 15 is 0 Å². The zero-order valence-electron chi connectivity index (χ0n) is 11.0. The number of rotatable bonds is 6. The molecule has 0 radical (unpaired) electrons. The van der Waals surface area contributed by atoms with Gasteiger partial charge in [-0.15, -0.1) is 0 Å². The van der Waals surface area contributed by atoms with Crippen LogP contribution in [-0.4, -0.2) is 54.7 Å². The molecule has 0 spiro atoms. The van der Waals surface area contributed by atoms with Gasteiger partial charge in [0.05, 0.1) is 13.2 Å². The van der Waals surface area contributed by atoms with Crippen LogP contribution >= 0.6 is 0 Å². The minimum absolute atomic E-state index is 0.0487. The molecule has 1 unspecified atom stereocenters. The average molecular weight is 243 g/mol. The summed E-state index contributed by atoms with van der Waals surface area (Å²) in [5, 5.41) is 1.37. The highest BCUT2D eigenvalue weighted by Gasteiger charge is 2.15. The van der Waals surface area contributed by atoms with Gasteiger partial charge in [0.1, 0.15) is 0 Å². The maximum Gasteiger partial charge on any atom is 0.236 e. The molecule has 17 heavy (non-hydrogen) atoms. The first kappa shape index (κ1) is 14.4. The summed E-state index contributed by atoms with van der Waals surface area (Å²) in [6.45, 7) is 8.54. The smallest absolute Gasteiger partial charge is 0.236 e. The van der Waals surface area contributed by atoms with Crippen molar-refractivity contribution in [1.82, 2.24) is 9.91 Å². The summed E-state index contributed by atoms with van der Waals surface area (Å²) >= 11 is 0. The Labute approximate surface area is 104 Å². The SMILES string of the molecule is CCC(C)N(N)C(=O)CCCN1CCOCC1. The van der Waals surface area contributed by atoms with Gasteiger partial charge in [0.25, 0.3) is 0 Å². The van der Waals surface area contributed by atoms with Crippen LogP contribution in [-0.2, 0) is 9.53 Å². The first-order chi connectivity index (χ1) is 8.15. The highest BCUT2D eigenvalue weighted by molar-refractivity contribution is 5.75. The van der Waals surface area contributed by atoms with Crippen molar-refractivity contribution in [2.24, 2.45) is 5.84 Å². The summed E-state index contributed by atoms with van der Waals surface area (Å²) in [5.41, 5.74) is 0. The number of nitrogens with two attached hydrogens (primary N) is 1. The summed E-state index contributed by atoms with van der Waals surface area (Å²) in [5.74, 6) is 5.79. The molecule has 1 rings (SSSR count). The normalized spacial score (nSPS) is 19.0. The number of amides is 1. The molecule has 2 N–H and O–H groups in total. The molecule has 1 saturated heterocycles. The number of hydrazine groups is 1. The van der Waals surface area contributed by atoms with Gasteiger partial charge in [-0.3, -0.25) is 14.7 Å². The summed E-state index contributed by atoms with van der Waals surface area (Å²) in [4.78, 5) is 14.1. The van der Waals surface area contributed by atoms with Gasteiger partial charge in [0.15, 0.2) is 0 Å². The zero-order chi connectivity index (χ0) is 12.7. The number of hydrogen-bond donors (Lipinski definition) is 1. The lowest BCUT2D eigenvalue weighted by Crippen LogP contribution is -2.44. The van der Waals surface area contributed by atoms with E-state index in [0.29, 0.717) is 6.42 Å². The van der Waals surface area contributed by atoms with Crippen molar-refractivity contribution in [3.05, 3.63) is 0 Å². The quantitative estimate of drug-likeness (QED) is 0.421. The molecule has 100 valence electrons. The van der Waals surface area contributed by atoms with Crippen LogP contribution < -0.4 is 5.84 Å². The van der Waals surface area contributed by atoms with Crippen LogP contribution in [0.3, 0.4) is 0 Å². The van der Waals surface area contributed by atoms with Crippen molar-refractivity contribution in [2.45, 2.75) is 39.2 Å². The summed E-state index contributed by atoms with van der Waals surface area (Å²) in [7, 11) is 0. The Bertz CT molecular complexity index is 230. The van der Waals surface area contributed by atoms with Crippen LogP contribution in [0.4, 0.5) is 0 Å². The molecule has 5 heteroatoms. The lowest BCUT2D eigenvalue weighted by molar-refractivity contribution is -0.133. The van der Waals surface area contributed by atoms with Crippen molar-refractivity contribution >= 4 is 5.91 Å². The standard InChI is InChI=1S/C12H25N3O2/c1-3-11(2)15(13)12(16)5-4-6-14-7-9-17-10-8-14/h11H,3-10,13H2,1-2H3. The van der Waals surface area contributed by atoms with Crippen molar-refractivity contribution < 1.29 is 9.53 Å². The van der Waals surface area contributed by atoms with E-state index in [1.165, 1.54) is 5.01 Å². The van der Waals surface area contributed by atoms with E-state index in [9.17, 15) is 4.79 Å². The van der Waals surface area contributed by atoms with Crippen LogP contribution in [0.1, 0.15) is 33.1 Å². The lowest BCUT2D eigenvalue weighted by atomic mass is 10.2. The van der Waals surface area contributed by atoms with E-state index < -0.39 is 0 Å². The number of morpholine rings is 1. The van der Waals surface area contributed by atoms with Crippen molar-refractivity contribution in [3.63, 3.8) is 0 Å². The highest BCUT2D eigenvalue weighted by atomic mass is 16.5. The van der Waals surface area contributed by atoms with E-state index in [-0.39, 0.29) is 11.9 Å². The molecule has 5 nitrogen and oxygen atoms in total. The second-order valence-electron chi connectivity index (χ2n) is 4.62. The van der Waals surface area contributed by atoms with Gasteiger partial charge in [-0.2, -0.15) is 0 Å². The fourth-order valence-corrected chi connectivity index (χ4v) is 1.85. The van der Waals surface area contributed by atoms with E-state index in [4.69, 9.17) is 10.6 Å². The summed E-state index contributed by atoms with van der Waals surface area (Å²) in [6.07, 6.45) is 2.31. The molecule has 1 atom stereocenters. The molecule has 1 amide bonds. The topological polar surface area (TPSA) is 58.8 Å². The van der Waals surface area contributed by atoms with Gasteiger partial charge in [-0.1, -0.05) is 6.92 Å². The van der Waals surface area contributed by atoms with Crippen molar-refractivity contribution in [1.29, 1.82) is 0 Å². The number of hydrogen-bond acceptors (Lipinski definition) is 4.